The molecule has 3 rings (SSSR count). The molecule has 1 heterocycles. The van der Waals surface area contributed by atoms with Gasteiger partial charge in [-0.3, -0.25) is 4.98 Å². The highest BCUT2D eigenvalue weighted by atomic mass is 16.3. The van der Waals surface area contributed by atoms with Crippen molar-refractivity contribution in [2.45, 2.75) is 12.5 Å². The smallest absolute Gasteiger partial charge is 0.122 e. The van der Waals surface area contributed by atoms with Crippen molar-refractivity contribution < 1.29 is 5.11 Å². The molecular formula is C19H16NO. The van der Waals surface area contributed by atoms with Gasteiger partial charge in [-0.1, -0.05) is 54.6 Å². The highest BCUT2D eigenvalue weighted by Crippen LogP contribution is 2.25. The maximum absolute atomic E-state index is 12.5. The third-order valence-electron chi connectivity index (χ3n) is 3.51. The van der Waals surface area contributed by atoms with Crippen molar-refractivity contribution in [3.05, 3.63) is 90.3 Å². The molecule has 2 nitrogen and oxygen atoms in total. The first-order valence-corrected chi connectivity index (χ1v) is 7.03. The van der Waals surface area contributed by atoms with Gasteiger partial charge in [0.25, 0.3) is 0 Å². The Bertz CT molecular complexity index is 695. The minimum Gasteiger partial charge on any atom is -0.264 e. The number of hydrogen-bond acceptors (Lipinski definition) is 1. The molecule has 0 aliphatic heterocycles. The first-order valence-electron chi connectivity index (χ1n) is 7.03. The molecule has 0 saturated carbocycles. The van der Waals surface area contributed by atoms with Crippen molar-refractivity contribution in [3.8, 4) is 11.1 Å². The van der Waals surface area contributed by atoms with E-state index < -0.39 is 6.10 Å². The van der Waals surface area contributed by atoms with Crippen molar-refractivity contribution in [3.63, 3.8) is 0 Å². The summed E-state index contributed by atoms with van der Waals surface area (Å²) in [6.45, 7) is 0. The van der Waals surface area contributed by atoms with Crippen LogP contribution in [0.2, 0.25) is 0 Å². The van der Waals surface area contributed by atoms with Gasteiger partial charge in [-0.15, -0.1) is 0 Å². The van der Waals surface area contributed by atoms with Crippen LogP contribution in [0.15, 0.2) is 79.1 Å². The molecule has 21 heavy (non-hydrogen) atoms. The Morgan fingerprint density at radius 3 is 2.43 bits per heavy atom. The van der Waals surface area contributed by atoms with Crippen LogP contribution in [0.3, 0.4) is 0 Å². The molecule has 1 aromatic heterocycles. The fourth-order valence-electron chi connectivity index (χ4n) is 2.40. The molecule has 0 saturated heterocycles. The van der Waals surface area contributed by atoms with Crippen LogP contribution in [-0.2, 0) is 11.5 Å². The third-order valence-corrected chi connectivity index (χ3v) is 3.51. The molecule has 0 fully saturated rings. The Kier molecular flexibility index (Phi) is 4.08. The predicted molar refractivity (Wildman–Crippen MR) is 83.2 cm³/mol. The van der Waals surface area contributed by atoms with Gasteiger partial charge in [-0.05, 0) is 34.4 Å². The lowest BCUT2D eigenvalue weighted by Gasteiger charge is -2.10. The maximum atomic E-state index is 12.5. The highest BCUT2D eigenvalue weighted by Gasteiger charge is 2.11. The van der Waals surface area contributed by atoms with Gasteiger partial charge in [0.1, 0.15) is 6.10 Å². The zero-order valence-electron chi connectivity index (χ0n) is 11.6. The van der Waals surface area contributed by atoms with E-state index in [0.29, 0.717) is 6.42 Å². The Hall–Kier alpha value is -2.45. The lowest BCUT2D eigenvalue weighted by Crippen LogP contribution is -2.00. The van der Waals surface area contributed by atoms with Crippen LogP contribution in [0.5, 0.6) is 0 Å². The van der Waals surface area contributed by atoms with Crippen molar-refractivity contribution in [2.75, 3.05) is 0 Å². The van der Waals surface area contributed by atoms with Crippen LogP contribution in [0.4, 0.5) is 0 Å². The van der Waals surface area contributed by atoms with Crippen LogP contribution < -0.4 is 0 Å². The summed E-state index contributed by atoms with van der Waals surface area (Å²) in [5, 5.41) is 12.5. The summed E-state index contributed by atoms with van der Waals surface area (Å²) in [5.41, 5.74) is 4.01. The molecule has 0 bridgehead atoms. The summed E-state index contributed by atoms with van der Waals surface area (Å²) < 4.78 is 0. The van der Waals surface area contributed by atoms with Crippen LogP contribution in [0.25, 0.3) is 11.1 Å². The summed E-state index contributed by atoms with van der Waals surface area (Å²) in [6, 6.07) is 21.8. The topological polar surface area (TPSA) is 32.8 Å². The summed E-state index contributed by atoms with van der Waals surface area (Å²) in [4.78, 5) is 4.06. The second-order valence-electron chi connectivity index (χ2n) is 5.05. The summed E-state index contributed by atoms with van der Waals surface area (Å²) >= 11 is 0. The molecular weight excluding hydrogens is 258 g/mol. The van der Waals surface area contributed by atoms with Crippen LogP contribution in [-0.4, -0.2) is 4.98 Å². The normalized spacial score (nSPS) is 12.0. The molecule has 0 amide bonds. The van der Waals surface area contributed by atoms with E-state index in [9.17, 15) is 5.11 Å². The van der Waals surface area contributed by atoms with Gasteiger partial charge in [-0.25, -0.2) is 5.11 Å². The van der Waals surface area contributed by atoms with Crippen molar-refractivity contribution in [1.82, 2.24) is 4.98 Å². The highest BCUT2D eigenvalue weighted by molar-refractivity contribution is 5.64. The third kappa shape index (κ3) is 3.36. The summed E-state index contributed by atoms with van der Waals surface area (Å²) in [6.07, 6.45) is 3.18. The average molecular weight is 274 g/mol. The molecule has 2 heteroatoms. The molecule has 3 aromatic rings. The SMILES string of the molecule is [O]C(Cc1cccnc1)c1cccc(-c2ccccc2)c1. The minimum atomic E-state index is -0.766. The van der Waals surface area contributed by atoms with Gasteiger partial charge < -0.3 is 0 Å². The Balaban J connectivity index is 1.83. The molecule has 0 aliphatic rings. The second kappa shape index (κ2) is 6.33. The summed E-state index contributed by atoms with van der Waals surface area (Å²) in [7, 11) is 0. The Morgan fingerprint density at radius 2 is 1.67 bits per heavy atom. The van der Waals surface area contributed by atoms with Gasteiger partial charge in [0.15, 0.2) is 0 Å². The molecule has 0 spiro atoms. The van der Waals surface area contributed by atoms with E-state index in [1.54, 1.807) is 12.4 Å². The number of hydrogen-bond donors (Lipinski definition) is 0. The average Bonchev–Trinajstić information content (AvgIpc) is 2.57. The van der Waals surface area contributed by atoms with E-state index in [-0.39, 0.29) is 0 Å². The molecule has 0 aliphatic carbocycles. The van der Waals surface area contributed by atoms with Gasteiger partial charge in [0.05, 0.1) is 0 Å². The number of nitrogens with zero attached hydrogens (tertiary/aromatic N) is 1. The second-order valence-corrected chi connectivity index (χ2v) is 5.05. The lowest BCUT2D eigenvalue weighted by molar-refractivity contribution is 0.0894. The standard InChI is InChI=1S/C19H16NO/c21-19(12-15-6-5-11-20-14-15)18-10-4-9-17(13-18)16-7-2-1-3-8-16/h1-11,13-14,19H,12H2. The number of rotatable bonds is 4. The van der Waals surface area contributed by atoms with E-state index >= 15 is 0 Å². The predicted octanol–water partition coefficient (Wildman–Crippen LogP) is 4.46. The van der Waals surface area contributed by atoms with Crippen LogP contribution >= 0.6 is 0 Å². The van der Waals surface area contributed by atoms with Crippen LogP contribution in [0, 0.1) is 0 Å². The van der Waals surface area contributed by atoms with E-state index in [1.165, 1.54) is 0 Å². The van der Waals surface area contributed by atoms with E-state index in [2.05, 4.69) is 17.1 Å². The van der Waals surface area contributed by atoms with Crippen molar-refractivity contribution in [2.24, 2.45) is 0 Å². The van der Waals surface area contributed by atoms with Gasteiger partial charge in [-0.2, -0.15) is 0 Å². The first kappa shape index (κ1) is 13.5. The van der Waals surface area contributed by atoms with Gasteiger partial charge in [0.2, 0.25) is 0 Å². The van der Waals surface area contributed by atoms with Gasteiger partial charge >= 0.3 is 0 Å². The Morgan fingerprint density at radius 1 is 0.857 bits per heavy atom. The molecule has 1 radical (unpaired) electrons. The fourth-order valence-corrected chi connectivity index (χ4v) is 2.40. The monoisotopic (exact) mass is 274 g/mol. The van der Waals surface area contributed by atoms with Crippen molar-refractivity contribution in [1.29, 1.82) is 0 Å². The largest absolute Gasteiger partial charge is 0.264 e. The van der Waals surface area contributed by atoms with E-state index in [1.807, 2.05) is 54.6 Å². The van der Waals surface area contributed by atoms with E-state index in [0.717, 1.165) is 22.3 Å². The van der Waals surface area contributed by atoms with E-state index in [4.69, 9.17) is 0 Å². The number of benzene rings is 2. The minimum absolute atomic E-state index is 0.464. The molecule has 1 atom stereocenters. The van der Waals surface area contributed by atoms with Crippen LogP contribution in [0.1, 0.15) is 17.2 Å². The zero-order valence-corrected chi connectivity index (χ0v) is 11.6. The number of pyridine rings is 1. The molecule has 0 N–H and O–H groups in total. The van der Waals surface area contributed by atoms with Crippen molar-refractivity contribution >= 4 is 0 Å². The zero-order chi connectivity index (χ0) is 14.5. The molecule has 2 aromatic carbocycles. The van der Waals surface area contributed by atoms with Gasteiger partial charge in [0, 0.05) is 18.8 Å². The number of aromatic nitrogens is 1. The molecule has 1 unspecified atom stereocenters. The lowest BCUT2D eigenvalue weighted by atomic mass is 9.98. The quantitative estimate of drug-likeness (QED) is 0.691. The summed E-state index contributed by atoms with van der Waals surface area (Å²) in [5.74, 6) is 0. The molecule has 103 valence electrons. The Labute approximate surface area is 124 Å². The first-order chi connectivity index (χ1) is 10.3. The maximum Gasteiger partial charge on any atom is 0.122 e. The fraction of sp³-hybridized carbons (Fsp3) is 0.105.